The first-order valence-electron chi connectivity index (χ1n) is 10.1. The molecule has 3 aromatic rings. The lowest BCUT2D eigenvalue weighted by Crippen LogP contribution is -2.32. The van der Waals surface area contributed by atoms with Crippen LogP contribution in [0.5, 0.6) is 0 Å². The molecular formula is C22H26ClFN4O. The van der Waals surface area contributed by atoms with E-state index in [2.05, 4.69) is 23.4 Å². The third kappa shape index (κ3) is 4.93. The predicted molar refractivity (Wildman–Crippen MR) is 113 cm³/mol. The molecule has 0 atom stereocenters. The topological polar surface area (TPSA) is 51.0 Å². The molecule has 29 heavy (non-hydrogen) atoms. The fourth-order valence-electron chi connectivity index (χ4n) is 3.37. The molecular weight excluding hydrogens is 391 g/mol. The minimum Gasteiger partial charge on any atom is -0.331 e. The van der Waals surface area contributed by atoms with Crippen LogP contribution in [0.4, 0.5) is 4.39 Å². The van der Waals surface area contributed by atoms with Crippen molar-refractivity contribution in [2.75, 3.05) is 6.54 Å². The van der Waals surface area contributed by atoms with Crippen molar-refractivity contribution in [1.82, 2.24) is 19.4 Å². The molecule has 3 rings (SSSR count). The van der Waals surface area contributed by atoms with E-state index >= 15 is 0 Å². The first kappa shape index (κ1) is 21.2. The number of halogens is 2. The summed E-state index contributed by atoms with van der Waals surface area (Å²) >= 11 is 5.90. The number of hydrogen-bond donors (Lipinski definition) is 0. The lowest BCUT2D eigenvalue weighted by Gasteiger charge is -2.23. The van der Waals surface area contributed by atoms with Gasteiger partial charge in [-0.1, -0.05) is 38.3 Å². The number of unbranched alkanes of at least 4 members (excludes halogenated alkanes) is 2. The Kier molecular flexibility index (Phi) is 7.20. The Morgan fingerprint density at radius 2 is 2.03 bits per heavy atom. The van der Waals surface area contributed by atoms with Crippen molar-refractivity contribution < 1.29 is 9.18 Å². The number of aryl methyl sites for hydroxylation is 1. The summed E-state index contributed by atoms with van der Waals surface area (Å²) in [7, 11) is 0. The molecule has 2 aromatic heterocycles. The van der Waals surface area contributed by atoms with Gasteiger partial charge in [-0.15, -0.1) is 0 Å². The molecule has 0 saturated carbocycles. The highest BCUT2D eigenvalue weighted by Gasteiger charge is 2.21. The maximum absolute atomic E-state index is 13.5. The van der Waals surface area contributed by atoms with E-state index in [0.717, 1.165) is 49.2 Å². The summed E-state index contributed by atoms with van der Waals surface area (Å²) < 4.78 is 15.6. The van der Waals surface area contributed by atoms with Gasteiger partial charge >= 0.3 is 0 Å². The van der Waals surface area contributed by atoms with Crippen LogP contribution in [-0.4, -0.2) is 31.9 Å². The van der Waals surface area contributed by atoms with E-state index in [9.17, 15) is 9.18 Å². The van der Waals surface area contributed by atoms with Crippen LogP contribution in [0.1, 0.15) is 55.7 Å². The van der Waals surface area contributed by atoms with Gasteiger partial charge in [0.2, 0.25) is 0 Å². The van der Waals surface area contributed by atoms with Crippen LogP contribution in [0.15, 0.2) is 36.5 Å². The zero-order valence-electron chi connectivity index (χ0n) is 16.9. The van der Waals surface area contributed by atoms with Crippen LogP contribution in [0.2, 0.25) is 5.02 Å². The highest BCUT2D eigenvalue weighted by Crippen LogP contribution is 2.20. The first-order chi connectivity index (χ1) is 14.0. The van der Waals surface area contributed by atoms with Crippen molar-refractivity contribution in [3.63, 3.8) is 0 Å². The molecule has 1 amide bonds. The SMILES string of the molecule is CCCCCN(Cc1nc2cccnc2n1CCC)C(=O)c1ccc(F)c(Cl)c1. The van der Waals surface area contributed by atoms with Gasteiger partial charge in [0.15, 0.2) is 5.65 Å². The summed E-state index contributed by atoms with van der Waals surface area (Å²) in [5.41, 5.74) is 2.03. The Hall–Kier alpha value is -2.47. The van der Waals surface area contributed by atoms with Crippen molar-refractivity contribution >= 4 is 28.7 Å². The summed E-state index contributed by atoms with van der Waals surface area (Å²) in [6, 6.07) is 7.90. The maximum atomic E-state index is 13.5. The zero-order valence-corrected chi connectivity index (χ0v) is 17.6. The number of amides is 1. The van der Waals surface area contributed by atoms with Crippen molar-refractivity contribution in [2.24, 2.45) is 0 Å². The monoisotopic (exact) mass is 416 g/mol. The van der Waals surface area contributed by atoms with Crippen molar-refractivity contribution in [3.05, 3.63) is 58.8 Å². The van der Waals surface area contributed by atoms with Gasteiger partial charge in [0.1, 0.15) is 17.2 Å². The molecule has 154 valence electrons. The lowest BCUT2D eigenvalue weighted by atomic mass is 10.1. The highest BCUT2D eigenvalue weighted by molar-refractivity contribution is 6.31. The molecule has 0 N–H and O–H groups in total. The molecule has 7 heteroatoms. The second-order valence-corrected chi connectivity index (χ2v) is 7.50. The van der Waals surface area contributed by atoms with Crippen molar-refractivity contribution in [1.29, 1.82) is 0 Å². The Bertz CT molecular complexity index is 988. The van der Waals surface area contributed by atoms with E-state index in [1.165, 1.54) is 18.2 Å². The smallest absolute Gasteiger partial charge is 0.254 e. The van der Waals surface area contributed by atoms with Crippen LogP contribution in [0.25, 0.3) is 11.2 Å². The molecule has 0 aliphatic rings. The van der Waals surface area contributed by atoms with E-state index in [4.69, 9.17) is 16.6 Å². The van der Waals surface area contributed by atoms with Crippen LogP contribution in [0, 0.1) is 5.82 Å². The van der Waals surface area contributed by atoms with E-state index in [1.807, 2.05) is 12.1 Å². The van der Waals surface area contributed by atoms with Crippen LogP contribution < -0.4 is 0 Å². The van der Waals surface area contributed by atoms with Gasteiger partial charge in [0.05, 0.1) is 11.6 Å². The molecule has 0 radical (unpaired) electrons. The minimum atomic E-state index is -0.531. The molecule has 0 unspecified atom stereocenters. The molecule has 0 aliphatic heterocycles. The normalized spacial score (nSPS) is 11.2. The third-order valence-electron chi connectivity index (χ3n) is 4.85. The van der Waals surface area contributed by atoms with E-state index in [1.54, 1.807) is 11.1 Å². The average molecular weight is 417 g/mol. The number of carbonyl (C=O) groups excluding carboxylic acids is 1. The second kappa shape index (κ2) is 9.83. The Labute approximate surface area is 175 Å². The fraction of sp³-hybridized carbons (Fsp3) is 0.409. The maximum Gasteiger partial charge on any atom is 0.254 e. The quantitative estimate of drug-likeness (QED) is 0.435. The number of pyridine rings is 1. The van der Waals surface area contributed by atoms with E-state index in [0.29, 0.717) is 18.7 Å². The van der Waals surface area contributed by atoms with E-state index in [-0.39, 0.29) is 10.9 Å². The van der Waals surface area contributed by atoms with Gasteiger partial charge in [0.25, 0.3) is 5.91 Å². The van der Waals surface area contributed by atoms with E-state index < -0.39 is 5.82 Å². The van der Waals surface area contributed by atoms with Crippen LogP contribution in [0.3, 0.4) is 0 Å². The number of nitrogens with zero attached hydrogens (tertiary/aromatic N) is 4. The molecule has 2 heterocycles. The molecule has 0 bridgehead atoms. The largest absolute Gasteiger partial charge is 0.331 e. The lowest BCUT2D eigenvalue weighted by molar-refractivity contribution is 0.0734. The van der Waals surface area contributed by atoms with Gasteiger partial charge in [-0.25, -0.2) is 14.4 Å². The molecule has 1 aromatic carbocycles. The van der Waals surface area contributed by atoms with Gasteiger partial charge in [-0.2, -0.15) is 0 Å². The molecule has 0 aliphatic carbocycles. The summed E-state index contributed by atoms with van der Waals surface area (Å²) in [6.45, 7) is 5.97. The molecule has 0 spiro atoms. The first-order valence-corrected chi connectivity index (χ1v) is 10.5. The number of aromatic nitrogens is 3. The second-order valence-electron chi connectivity index (χ2n) is 7.09. The summed E-state index contributed by atoms with van der Waals surface area (Å²) in [6.07, 6.45) is 5.67. The van der Waals surface area contributed by atoms with Crippen LogP contribution >= 0.6 is 11.6 Å². The van der Waals surface area contributed by atoms with Gasteiger partial charge < -0.3 is 9.47 Å². The Balaban J connectivity index is 1.93. The predicted octanol–water partition coefficient (Wildman–Crippen LogP) is 5.47. The van der Waals surface area contributed by atoms with Crippen molar-refractivity contribution in [3.8, 4) is 0 Å². The van der Waals surface area contributed by atoms with Gasteiger partial charge in [0, 0.05) is 24.8 Å². The van der Waals surface area contributed by atoms with Gasteiger partial charge in [-0.05, 0) is 43.2 Å². The third-order valence-corrected chi connectivity index (χ3v) is 5.14. The highest BCUT2D eigenvalue weighted by atomic mass is 35.5. The minimum absolute atomic E-state index is 0.0493. The number of carbonyl (C=O) groups is 1. The molecule has 0 saturated heterocycles. The number of rotatable bonds is 9. The Morgan fingerprint density at radius 3 is 2.76 bits per heavy atom. The average Bonchev–Trinajstić information content (AvgIpc) is 3.06. The number of imidazole rings is 1. The molecule has 0 fully saturated rings. The molecule has 5 nitrogen and oxygen atoms in total. The summed E-state index contributed by atoms with van der Waals surface area (Å²) in [4.78, 5) is 24.1. The Morgan fingerprint density at radius 1 is 1.21 bits per heavy atom. The van der Waals surface area contributed by atoms with Crippen LogP contribution in [-0.2, 0) is 13.1 Å². The number of fused-ring (bicyclic) bond motifs is 1. The standard InChI is InChI=1S/C22H26ClFN4O/c1-3-5-6-13-27(22(29)16-9-10-18(24)17(23)14-16)15-20-26-19-8-7-11-25-21(19)28(20)12-4-2/h7-11,14H,3-6,12-13,15H2,1-2H3. The fourth-order valence-corrected chi connectivity index (χ4v) is 3.55. The summed E-state index contributed by atoms with van der Waals surface area (Å²) in [5.74, 6) is 0.0984. The summed E-state index contributed by atoms with van der Waals surface area (Å²) in [5, 5.41) is -0.0493. The van der Waals surface area contributed by atoms with Gasteiger partial charge in [-0.3, -0.25) is 4.79 Å². The number of hydrogen-bond acceptors (Lipinski definition) is 3. The number of benzene rings is 1. The van der Waals surface area contributed by atoms with Crippen molar-refractivity contribution in [2.45, 2.75) is 52.6 Å². The zero-order chi connectivity index (χ0) is 20.8.